The van der Waals surface area contributed by atoms with Crippen LogP contribution in [0.4, 0.5) is 14.9 Å². The molecule has 0 bridgehead atoms. The summed E-state index contributed by atoms with van der Waals surface area (Å²) >= 11 is 3.20. The molecule has 3 rings (SSSR count). The van der Waals surface area contributed by atoms with Gasteiger partial charge in [0.15, 0.2) is 0 Å². The van der Waals surface area contributed by atoms with Crippen LogP contribution in [0.1, 0.15) is 18.4 Å². The van der Waals surface area contributed by atoms with Gasteiger partial charge in [-0.2, -0.15) is 0 Å². The van der Waals surface area contributed by atoms with Crippen molar-refractivity contribution in [3.63, 3.8) is 0 Å². The van der Waals surface area contributed by atoms with E-state index in [0.29, 0.717) is 4.47 Å². The van der Waals surface area contributed by atoms with Crippen molar-refractivity contribution in [2.45, 2.75) is 25.3 Å². The predicted molar refractivity (Wildman–Crippen MR) is 104 cm³/mol. The number of anilines is 1. The Morgan fingerprint density at radius 2 is 1.96 bits per heavy atom. The molecule has 1 aromatic heterocycles. The number of carbonyl (C=O) groups is 1. The summed E-state index contributed by atoms with van der Waals surface area (Å²) in [4.78, 5) is 18.5. The molecule has 1 saturated heterocycles. The Morgan fingerprint density at radius 3 is 2.65 bits per heavy atom. The number of likely N-dealkylation sites (tertiary alicyclic amines) is 1. The lowest BCUT2D eigenvalue weighted by molar-refractivity contribution is 0.197. The van der Waals surface area contributed by atoms with E-state index < -0.39 is 5.82 Å². The second-order valence-electron chi connectivity index (χ2n) is 6.44. The lowest BCUT2D eigenvalue weighted by Crippen LogP contribution is -2.46. The van der Waals surface area contributed by atoms with Crippen LogP contribution in [0, 0.1) is 5.82 Å². The minimum absolute atomic E-state index is 0.116. The highest BCUT2D eigenvalue weighted by atomic mass is 79.9. The van der Waals surface area contributed by atoms with Gasteiger partial charge in [-0.25, -0.2) is 9.18 Å². The van der Waals surface area contributed by atoms with Gasteiger partial charge in [-0.3, -0.25) is 4.98 Å². The van der Waals surface area contributed by atoms with E-state index in [4.69, 9.17) is 0 Å². The van der Waals surface area contributed by atoms with E-state index in [9.17, 15) is 9.18 Å². The first-order valence-electron chi connectivity index (χ1n) is 8.74. The zero-order valence-corrected chi connectivity index (χ0v) is 16.0. The molecule has 0 unspecified atom stereocenters. The van der Waals surface area contributed by atoms with E-state index >= 15 is 0 Å². The monoisotopic (exact) mass is 420 g/mol. The van der Waals surface area contributed by atoms with Crippen LogP contribution in [0.3, 0.4) is 0 Å². The third-order valence-electron chi connectivity index (χ3n) is 4.57. The Hall–Kier alpha value is -1.99. The van der Waals surface area contributed by atoms with E-state index in [-0.39, 0.29) is 17.8 Å². The summed E-state index contributed by atoms with van der Waals surface area (Å²) < 4.78 is 14.4. The zero-order valence-electron chi connectivity index (χ0n) is 14.4. The molecule has 0 spiro atoms. The van der Waals surface area contributed by atoms with Gasteiger partial charge in [-0.15, -0.1) is 0 Å². The van der Waals surface area contributed by atoms with Crippen LogP contribution in [0.15, 0.2) is 47.2 Å². The number of benzene rings is 1. The van der Waals surface area contributed by atoms with Gasteiger partial charge >= 0.3 is 6.03 Å². The van der Waals surface area contributed by atoms with Gasteiger partial charge in [0.05, 0.1) is 5.69 Å². The molecule has 0 aliphatic carbocycles. The first-order chi connectivity index (χ1) is 12.6. The van der Waals surface area contributed by atoms with E-state index in [1.54, 1.807) is 12.1 Å². The largest absolute Gasteiger partial charge is 0.335 e. The van der Waals surface area contributed by atoms with Gasteiger partial charge < -0.3 is 15.5 Å². The second kappa shape index (κ2) is 9.09. The number of hydrogen-bond acceptors (Lipinski definition) is 3. The minimum Gasteiger partial charge on any atom is -0.335 e. The maximum Gasteiger partial charge on any atom is 0.319 e. The highest BCUT2D eigenvalue weighted by Gasteiger charge is 2.20. The fraction of sp³-hybridized carbons (Fsp3) is 0.368. The molecule has 2 N–H and O–H groups in total. The van der Waals surface area contributed by atoms with Gasteiger partial charge in [-0.1, -0.05) is 15.9 Å². The average Bonchev–Trinajstić information content (AvgIpc) is 2.64. The summed E-state index contributed by atoms with van der Waals surface area (Å²) in [5.41, 5.74) is 1.47. The summed E-state index contributed by atoms with van der Waals surface area (Å²) in [5.74, 6) is -0.458. The predicted octanol–water partition coefficient (Wildman–Crippen LogP) is 3.81. The third kappa shape index (κ3) is 5.51. The van der Waals surface area contributed by atoms with Crippen molar-refractivity contribution in [1.82, 2.24) is 15.2 Å². The number of nitrogens with zero attached hydrogens (tertiary/aromatic N) is 2. The number of carbonyl (C=O) groups excluding carboxylic acids is 1. The molecule has 5 nitrogen and oxygen atoms in total. The van der Waals surface area contributed by atoms with Gasteiger partial charge in [0.1, 0.15) is 5.82 Å². The van der Waals surface area contributed by atoms with Crippen molar-refractivity contribution >= 4 is 27.6 Å². The first-order valence-corrected chi connectivity index (χ1v) is 9.53. The molecule has 138 valence electrons. The molecule has 26 heavy (non-hydrogen) atoms. The number of nitrogens with one attached hydrogen (secondary N) is 2. The molecular weight excluding hydrogens is 399 g/mol. The molecule has 1 aromatic carbocycles. The molecule has 1 fully saturated rings. The minimum atomic E-state index is -0.458. The fourth-order valence-electron chi connectivity index (χ4n) is 3.07. The van der Waals surface area contributed by atoms with Gasteiger partial charge in [0.2, 0.25) is 0 Å². The van der Waals surface area contributed by atoms with E-state index in [1.165, 1.54) is 11.6 Å². The van der Waals surface area contributed by atoms with E-state index in [2.05, 4.69) is 36.4 Å². The molecular formula is C19H22BrFN4O. The summed E-state index contributed by atoms with van der Waals surface area (Å²) in [7, 11) is 0. The number of hydrogen-bond donors (Lipinski definition) is 2. The first kappa shape index (κ1) is 18.8. The quantitative estimate of drug-likeness (QED) is 0.772. The molecule has 2 aromatic rings. The summed E-state index contributed by atoms with van der Waals surface area (Å²) in [6, 6.07) is 8.41. The highest BCUT2D eigenvalue weighted by molar-refractivity contribution is 9.10. The van der Waals surface area contributed by atoms with Gasteiger partial charge in [-0.05, 0) is 55.2 Å². The van der Waals surface area contributed by atoms with Crippen molar-refractivity contribution in [2.75, 3.05) is 25.0 Å². The molecule has 1 aliphatic heterocycles. The van der Waals surface area contributed by atoms with Crippen molar-refractivity contribution in [3.8, 4) is 0 Å². The van der Waals surface area contributed by atoms with E-state index in [1.807, 2.05) is 24.5 Å². The van der Waals surface area contributed by atoms with Crippen LogP contribution in [0.5, 0.6) is 0 Å². The smallest absolute Gasteiger partial charge is 0.319 e. The van der Waals surface area contributed by atoms with Crippen LogP contribution < -0.4 is 10.6 Å². The third-order valence-corrected chi connectivity index (χ3v) is 5.06. The number of pyridine rings is 1. The van der Waals surface area contributed by atoms with Crippen LogP contribution in [-0.4, -0.2) is 41.6 Å². The molecule has 2 heterocycles. The van der Waals surface area contributed by atoms with Crippen LogP contribution in [0.25, 0.3) is 0 Å². The van der Waals surface area contributed by atoms with Crippen LogP contribution in [-0.2, 0) is 6.42 Å². The number of aromatic nitrogens is 1. The van der Waals surface area contributed by atoms with Crippen LogP contribution >= 0.6 is 15.9 Å². The van der Waals surface area contributed by atoms with Gasteiger partial charge in [0, 0.05) is 42.5 Å². The standard InChI is InChI=1S/C19H22BrFN4O/c20-15-1-2-18(17(21)13-15)24-19(26)23-16-6-11-25(12-7-16)10-5-14-3-8-22-9-4-14/h1-4,8-9,13,16H,5-7,10-12H2,(H2,23,24,26). The SMILES string of the molecule is O=C(Nc1ccc(Br)cc1F)NC1CCN(CCc2ccncc2)CC1. The Kier molecular flexibility index (Phi) is 6.57. The lowest BCUT2D eigenvalue weighted by atomic mass is 10.0. The van der Waals surface area contributed by atoms with Crippen LogP contribution in [0.2, 0.25) is 0 Å². The average molecular weight is 421 g/mol. The van der Waals surface area contributed by atoms with Gasteiger partial charge in [0.25, 0.3) is 0 Å². The second-order valence-corrected chi connectivity index (χ2v) is 7.36. The number of halogens is 2. The van der Waals surface area contributed by atoms with Crippen molar-refractivity contribution < 1.29 is 9.18 Å². The number of amides is 2. The number of rotatable bonds is 5. The maximum absolute atomic E-state index is 13.8. The number of piperidine rings is 1. The maximum atomic E-state index is 13.8. The topological polar surface area (TPSA) is 57.3 Å². The Bertz CT molecular complexity index is 736. The fourth-order valence-corrected chi connectivity index (χ4v) is 3.41. The van der Waals surface area contributed by atoms with Crippen molar-refractivity contribution in [3.05, 3.63) is 58.6 Å². The van der Waals surface area contributed by atoms with Crippen molar-refractivity contribution in [2.24, 2.45) is 0 Å². The zero-order chi connectivity index (χ0) is 18.4. The van der Waals surface area contributed by atoms with E-state index in [0.717, 1.165) is 38.9 Å². The highest BCUT2D eigenvalue weighted by Crippen LogP contribution is 2.19. The Labute approximate surface area is 161 Å². The number of urea groups is 1. The summed E-state index contributed by atoms with van der Waals surface area (Å²) in [6.07, 6.45) is 6.43. The lowest BCUT2D eigenvalue weighted by Gasteiger charge is -2.32. The van der Waals surface area contributed by atoms with Crippen molar-refractivity contribution in [1.29, 1.82) is 0 Å². The Balaban J connectivity index is 1.40. The summed E-state index contributed by atoms with van der Waals surface area (Å²) in [5, 5.41) is 5.52. The summed E-state index contributed by atoms with van der Waals surface area (Å²) in [6.45, 7) is 2.90. The molecule has 0 atom stereocenters. The molecule has 0 saturated carbocycles. The molecule has 1 aliphatic rings. The molecule has 0 radical (unpaired) electrons. The molecule has 7 heteroatoms. The normalized spacial score (nSPS) is 15.6. The Morgan fingerprint density at radius 1 is 1.23 bits per heavy atom. The molecule has 2 amide bonds.